The normalized spacial score (nSPS) is 24.1. The molecule has 0 saturated carbocycles. The minimum absolute atomic E-state index is 0.306. The average Bonchev–Trinajstić information content (AvgIpc) is 2.29. The smallest absolute Gasteiger partial charge is 0.140 e. The molecule has 0 aliphatic heterocycles. The van der Waals surface area contributed by atoms with Gasteiger partial charge in [0.1, 0.15) is 5.84 Å². The number of nitrogens with zero attached hydrogens (tertiary/aromatic N) is 1. The van der Waals surface area contributed by atoms with Gasteiger partial charge in [-0.2, -0.15) is 0 Å². The van der Waals surface area contributed by atoms with E-state index in [-0.39, 0.29) is 0 Å². The second-order valence-electron chi connectivity index (χ2n) is 4.05. The Labute approximate surface area is 91.2 Å². The van der Waals surface area contributed by atoms with E-state index in [0.29, 0.717) is 24.3 Å². The molecule has 15 heavy (non-hydrogen) atoms. The quantitative estimate of drug-likeness (QED) is 0.213. The molecule has 0 fully saturated rings. The zero-order valence-electron chi connectivity index (χ0n) is 9.32. The molecule has 1 aliphatic rings. The Balaban J connectivity index is 2.35. The van der Waals surface area contributed by atoms with Crippen molar-refractivity contribution < 1.29 is 5.21 Å². The maximum Gasteiger partial charge on any atom is 0.140 e. The molecule has 4 N–H and O–H groups in total. The first-order valence-electron chi connectivity index (χ1n) is 5.63. The van der Waals surface area contributed by atoms with Crippen LogP contribution in [-0.4, -0.2) is 23.1 Å². The second-order valence-corrected chi connectivity index (χ2v) is 4.05. The molecular weight excluding hydrogens is 190 g/mol. The van der Waals surface area contributed by atoms with E-state index in [2.05, 4.69) is 29.5 Å². The topological polar surface area (TPSA) is 70.6 Å². The summed E-state index contributed by atoms with van der Waals surface area (Å²) in [6.45, 7) is 2.11. The van der Waals surface area contributed by atoms with Crippen LogP contribution in [-0.2, 0) is 0 Å². The van der Waals surface area contributed by atoms with Crippen LogP contribution in [0.2, 0.25) is 0 Å². The van der Waals surface area contributed by atoms with Crippen molar-refractivity contribution in [1.82, 2.24) is 5.32 Å². The fraction of sp³-hybridized carbons (Fsp3) is 0.727. The van der Waals surface area contributed by atoms with Gasteiger partial charge >= 0.3 is 0 Å². The molecule has 2 atom stereocenters. The SMILES string of the molecule is CCC(CC(N)=NO)NC1CC=CCC1. The fourth-order valence-corrected chi connectivity index (χ4v) is 1.89. The van der Waals surface area contributed by atoms with Gasteiger partial charge < -0.3 is 16.3 Å². The zero-order valence-corrected chi connectivity index (χ0v) is 9.32. The van der Waals surface area contributed by atoms with Crippen LogP contribution in [0.3, 0.4) is 0 Å². The maximum absolute atomic E-state index is 8.51. The number of hydrogen-bond acceptors (Lipinski definition) is 3. The van der Waals surface area contributed by atoms with Crippen molar-refractivity contribution in [3.05, 3.63) is 12.2 Å². The van der Waals surface area contributed by atoms with E-state index in [1.54, 1.807) is 0 Å². The van der Waals surface area contributed by atoms with E-state index < -0.39 is 0 Å². The van der Waals surface area contributed by atoms with Gasteiger partial charge in [-0.25, -0.2) is 0 Å². The van der Waals surface area contributed by atoms with Crippen LogP contribution >= 0.6 is 0 Å². The Morgan fingerprint density at radius 2 is 2.47 bits per heavy atom. The molecule has 0 heterocycles. The van der Waals surface area contributed by atoms with E-state index in [1.165, 1.54) is 6.42 Å². The number of rotatable bonds is 5. The highest BCUT2D eigenvalue weighted by Gasteiger charge is 2.15. The fourth-order valence-electron chi connectivity index (χ4n) is 1.89. The van der Waals surface area contributed by atoms with Crippen molar-refractivity contribution in [3.63, 3.8) is 0 Å². The summed E-state index contributed by atoms with van der Waals surface area (Å²) in [5.41, 5.74) is 5.50. The second kappa shape index (κ2) is 6.45. The predicted molar refractivity (Wildman–Crippen MR) is 62.0 cm³/mol. The number of oxime groups is 1. The summed E-state index contributed by atoms with van der Waals surface area (Å²) in [4.78, 5) is 0. The molecule has 4 nitrogen and oxygen atoms in total. The molecule has 0 aromatic carbocycles. The molecule has 0 aromatic rings. The predicted octanol–water partition coefficient (Wildman–Crippen LogP) is 1.60. The van der Waals surface area contributed by atoms with E-state index in [0.717, 1.165) is 19.3 Å². The van der Waals surface area contributed by atoms with Gasteiger partial charge in [0.15, 0.2) is 0 Å². The number of hydrogen-bond donors (Lipinski definition) is 3. The molecule has 0 spiro atoms. The van der Waals surface area contributed by atoms with E-state index in [4.69, 9.17) is 10.9 Å². The van der Waals surface area contributed by atoms with Crippen LogP contribution in [0.4, 0.5) is 0 Å². The molecule has 0 bridgehead atoms. The average molecular weight is 211 g/mol. The van der Waals surface area contributed by atoms with Gasteiger partial charge in [0.25, 0.3) is 0 Å². The number of nitrogens with two attached hydrogens (primary N) is 1. The molecule has 0 aromatic heterocycles. The maximum atomic E-state index is 8.51. The van der Waals surface area contributed by atoms with Crippen LogP contribution in [0, 0.1) is 0 Å². The third kappa shape index (κ3) is 4.34. The van der Waals surface area contributed by atoms with Crippen molar-refractivity contribution in [1.29, 1.82) is 0 Å². The Bertz CT molecular complexity index is 238. The molecule has 0 radical (unpaired) electrons. The van der Waals surface area contributed by atoms with Gasteiger partial charge in [0, 0.05) is 18.5 Å². The minimum Gasteiger partial charge on any atom is -0.409 e. The van der Waals surface area contributed by atoms with Crippen molar-refractivity contribution in [2.24, 2.45) is 10.9 Å². The molecule has 4 heteroatoms. The van der Waals surface area contributed by atoms with E-state index >= 15 is 0 Å². The van der Waals surface area contributed by atoms with Crippen molar-refractivity contribution in [2.45, 2.75) is 51.1 Å². The summed E-state index contributed by atoms with van der Waals surface area (Å²) in [7, 11) is 0. The molecule has 2 unspecified atom stereocenters. The lowest BCUT2D eigenvalue weighted by Gasteiger charge is -2.25. The third-order valence-corrected chi connectivity index (χ3v) is 2.82. The van der Waals surface area contributed by atoms with E-state index in [1.807, 2.05) is 0 Å². The molecule has 1 aliphatic carbocycles. The first kappa shape index (κ1) is 12.0. The van der Waals surface area contributed by atoms with Crippen LogP contribution in [0.5, 0.6) is 0 Å². The van der Waals surface area contributed by atoms with E-state index in [9.17, 15) is 0 Å². The van der Waals surface area contributed by atoms with Crippen molar-refractivity contribution in [2.75, 3.05) is 0 Å². The van der Waals surface area contributed by atoms with Gasteiger partial charge in [0.05, 0.1) is 0 Å². The molecular formula is C11H21N3O. The third-order valence-electron chi connectivity index (χ3n) is 2.82. The standard InChI is InChI=1S/C11H21N3O/c1-2-9(8-11(12)14-15)13-10-6-4-3-5-7-10/h3-4,9-10,13,15H,2,5-8H2,1H3,(H2,12,14). The number of allylic oxidation sites excluding steroid dienone is 1. The van der Waals surface area contributed by atoms with Crippen LogP contribution < -0.4 is 11.1 Å². The van der Waals surface area contributed by atoms with Gasteiger partial charge in [-0.1, -0.05) is 24.2 Å². The van der Waals surface area contributed by atoms with Crippen molar-refractivity contribution >= 4 is 5.84 Å². The summed E-state index contributed by atoms with van der Waals surface area (Å²) < 4.78 is 0. The summed E-state index contributed by atoms with van der Waals surface area (Å²) in [6, 6.07) is 0.865. The number of amidine groups is 1. The van der Waals surface area contributed by atoms with Crippen LogP contribution in [0.15, 0.2) is 17.3 Å². The Kier molecular flexibility index (Phi) is 5.18. The molecule has 0 saturated heterocycles. The highest BCUT2D eigenvalue weighted by molar-refractivity contribution is 5.80. The highest BCUT2D eigenvalue weighted by Crippen LogP contribution is 2.12. The lowest BCUT2D eigenvalue weighted by molar-refractivity contribution is 0.314. The lowest BCUT2D eigenvalue weighted by atomic mass is 9.99. The van der Waals surface area contributed by atoms with Crippen LogP contribution in [0.25, 0.3) is 0 Å². The zero-order chi connectivity index (χ0) is 11.1. The minimum atomic E-state index is 0.306. The highest BCUT2D eigenvalue weighted by atomic mass is 16.4. The summed E-state index contributed by atoms with van der Waals surface area (Å²) in [5, 5.41) is 15.1. The van der Waals surface area contributed by atoms with Crippen LogP contribution in [0.1, 0.15) is 39.0 Å². The summed E-state index contributed by atoms with van der Waals surface area (Å²) >= 11 is 0. The van der Waals surface area contributed by atoms with Crippen molar-refractivity contribution in [3.8, 4) is 0 Å². The number of nitrogens with one attached hydrogen (secondary N) is 1. The molecule has 0 amide bonds. The molecule has 1 rings (SSSR count). The largest absolute Gasteiger partial charge is 0.409 e. The summed E-state index contributed by atoms with van der Waals surface area (Å²) in [6.07, 6.45) is 9.48. The Morgan fingerprint density at radius 3 is 3.00 bits per heavy atom. The van der Waals surface area contributed by atoms with Gasteiger partial charge in [-0.3, -0.25) is 0 Å². The van der Waals surface area contributed by atoms with Gasteiger partial charge in [-0.15, -0.1) is 0 Å². The van der Waals surface area contributed by atoms with Gasteiger partial charge in [-0.05, 0) is 25.7 Å². The van der Waals surface area contributed by atoms with Gasteiger partial charge in [0.2, 0.25) is 0 Å². The molecule has 86 valence electrons. The first-order valence-corrected chi connectivity index (χ1v) is 5.63. The lowest BCUT2D eigenvalue weighted by Crippen LogP contribution is -2.40. The monoisotopic (exact) mass is 211 g/mol. The summed E-state index contributed by atoms with van der Waals surface area (Å²) in [5.74, 6) is 0.306. The first-order chi connectivity index (χ1) is 7.26. The Hall–Kier alpha value is -1.03. The Morgan fingerprint density at radius 1 is 1.67 bits per heavy atom.